The number of benzene rings is 1. The summed E-state index contributed by atoms with van der Waals surface area (Å²) >= 11 is 0. The van der Waals surface area contributed by atoms with Crippen molar-refractivity contribution in [3.63, 3.8) is 0 Å². The molecule has 0 radical (unpaired) electrons. The van der Waals surface area contributed by atoms with Crippen molar-refractivity contribution in [2.45, 2.75) is 25.7 Å². The number of amides is 1. The highest BCUT2D eigenvalue weighted by Crippen LogP contribution is 2.22. The average Bonchev–Trinajstić information content (AvgIpc) is 2.33. The molecule has 0 saturated carbocycles. The van der Waals surface area contributed by atoms with E-state index in [0.29, 0.717) is 13.0 Å². The Balaban J connectivity index is 2.07. The van der Waals surface area contributed by atoms with E-state index in [1.54, 1.807) is 0 Å². The summed E-state index contributed by atoms with van der Waals surface area (Å²) < 4.78 is 10.8. The summed E-state index contributed by atoms with van der Waals surface area (Å²) in [5.74, 6) is -0.0100. The van der Waals surface area contributed by atoms with Gasteiger partial charge >= 0.3 is 0 Å². The van der Waals surface area contributed by atoms with Crippen molar-refractivity contribution in [2.24, 2.45) is 0 Å². The van der Waals surface area contributed by atoms with Crippen LogP contribution in [0.15, 0.2) is 30.3 Å². The molecule has 0 saturated heterocycles. The summed E-state index contributed by atoms with van der Waals surface area (Å²) in [6.07, 6.45) is 2.79. The maximum atomic E-state index is 11.6. The van der Waals surface area contributed by atoms with Crippen molar-refractivity contribution >= 4 is 19.1 Å². The second kappa shape index (κ2) is 8.10. The van der Waals surface area contributed by atoms with Crippen LogP contribution < -0.4 is 15.3 Å². The number of para-hydroxylation sites is 1. The Hall–Kier alpha value is -1.16. The maximum Gasteiger partial charge on any atom is 0.224 e. The molecule has 0 heterocycles. The first-order valence-corrected chi connectivity index (χ1v) is 8.43. The van der Waals surface area contributed by atoms with Gasteiger partial charge in [0.2, 0.25) is 5.91 Å². The van der Waals surface area contributed by atoms with Gasteiger partial charge in [-0.15, -0.1) is 0 Å². The van der Waals surface area contributed by atoms with Gasteiger partial charge in [0, 0.05) is 18.7 Å². The molecule has 0 bridgehead atoms. The molecule has 1 unspecified atom stereocenters. The van der Waals surface area contributed by atoms with Crippen LogP contribution in [0, 0.1) is 0 Å². The Kier molecular flexibility index (Phi) is 6.78. The molecule has 2 N–H and O–H groups in total. The van der Waals surface area contributed by atoms with Crippen molar-refractivity contribution in [1.82, 2.24) is 5.09 Å². The van der Waals surface area contributed by atoms with Gasteiger partial charge in [0.05, 0.1) is 7.52 Å². The third-order valence-corrected chi connectivity index (χ3v) is 3.34. The van der Waals surface area contributed by atoms with Crippen molar-refractivity contribution in [1.29, 1.82) is 0 Å². The van der Waals surface area contributed by atoms with Crippen LogP contribution in [0.4, 0.5) is 5.69 Å². The molecule has 6 heteroatoms. The van der Waals surface area contributed by atoms with E-state index in [2.05, 4.69) is 10.4 Å². The molecule has 0 aliphatic heterocycles. The number of rotatable bonds is 8. The first kappa shape index (κ1) is 15.9. The standard InChI is InChI=1S/C13H21N2O3P/c1-19(17,18)14-11-7-3-6-10-13(16)15-12-8-4-2-5-9-12/h2,4-5,8-9H,3,6-7,10-11H2,1H3,(H,15,16)(H2,14,17,18)/p-1. The molecule has 1 atom stereocenters. The number of hydrogen-bond acceptors (Lipinski definition) is 3. The molecule has 19 heavy (non-hydrogen) atoms. The van der Waals surface area contributed by atoms with Gasteiger partial charge in [0.1, 0.15) is 0 Å². The monoisotopic (exact) mass is 283 g/mol. The van der Waals surface area contributed by atoms with Gasteiger partial charge in [-0.2, -0.15) is 0 Å². The number of nitrogens with one attached hydrogen (secondary N) is 2. The van der Waals surface area contributed by atoms with Crippen LogP contribution in [-0.2, 0) is 9.36 Å². The first-order chi connectivity index (χ1) is 8.97. The van der Waals surface area contributed by atoms with E-state index in [1.165, 1.54) is 6.66 Å². The van der Waals surface area contributed by atoms with E-state index in [4.69, 9.17) is 0 Å². The van der Waals surface area contributed by atoms with Crippen molar-refractivity contribution in [2.75, 3.05) is 18.5 Å². The number of carbonyl (C=O) groups excluding carboxylic acids is 1. The smallest absolute Gasteiger partial charge is 0.224 e. The molecule has 0 aliphatic rings. The van der Waals surface area contributed by atoms with Crippen LogP contribution in [0.1, 0.15) is 25.7 Å². The van der Waals surface area contributed by atoms with Crippen LogP contribution in [0.3, 0.4) is 0 Å². The molecule has 1 aromatic rings. The van der Waals surface area contributed by atoms with Gasteiger partial charge in [-0.1, -0.05) is 24.6 Å². The highest BCUT2D eigenvalue weighted by molar-refractivity contribution is 7.53. The van der Waals surface area contributed by atoms with E-state index in [-0.39, 0.29) is 5.91 Å². The van der Waals surface area contributed by atoms with Crippen LogP contribution in [0.25, 0.3) is 0 Å². The van der Waals surface area contributed by atoms with Gasteiger partial charge in [0.25, 0.3) is 0 Å². The molecule has 0 aromatic heterocycles. The summed E-state index contributed by atoms with van der Waals surface area (Å²) in [4.78, 5) is 22.4. The maximum absolute atomic E-state index is 11.6. The van der Waals surface area contributed by atoms with Crippen LogP contribution in [0.5, 0.6) is 0 Å². The largest absolute Gasteiger partial charge is 0.788 e. The zero-order valence-electron chi connectivity index (χ0n) is 11.1. The van der Waals surface area contributed by atoms with Crippen LogP contribution >= 0.6 is 7.52 Å². The SMILES string of the molecule is CP(=O)([O-])NCCCCCC(=O)Nc1ccccc1. The van der Waals surface area contributed by atoms with Crippen LogP contribution in [-0.4, -0.2) is 19.1 Å². The minimum absolute atomic E-state index is 0.0100. The van der Waals surface area contributed by atoms with E-state index in [0.717, 1.165) is 24.9 Å². The summed E-state index contributed by atoms with van der Waals surface area (Å²) in [5, 5.41) is 5.26. The lowest BCUT2D eigenvalue weighted by Gasteiger charge is -2.18. The van der Waals surface area contributed by atoms with Crippen molar-refractivity contribution in [3.8, 4) is 0 Å². The van der Waals surface area contributed by atoms with Gasteiger partial charge in [-0.25, -0.2) is 0 Å². The molecule has 0 spiro atoms. The Morgan fingerprint density at radius 3 is 2.53 bits per heavy atom. The van der Waals surface area contributed by atoms with E-state index >= 15 is 0 Å². The van der Waals surface area contributed by atoms with Crippen molar-refractivity contribution in [3.05, 3.63) is 30.3 Å². The highest BCUT2D eigenvalue weighted by Gasteiger charge is 2.02. The van der Waals surface area contributed by atoms with Gasteiger partial charge in [0.15, 0.2) is 0 Å². The lowest BCUT2D eigenvalue weighted by atomic mass is 10.2. The number of hydrogen-bond donors (Lipinski definition) is 2. The third kappa shape index (κ3) is 8.54. The fourth-order valence-corrected chi connectivity index (χ4v) is 2.18. The topological polar surface area (TPSA) is 81.3 Å². The summed E-state index contributed by atoms with van der Waals surface area (Å²) in [5.41, 5.74) is 0.799. The molecule has 0 aliphatic carbocycles. The molecular weight excluding hydrogens is 263 g/mol. The summed E-state index contributed by atoms with van der Waals surface area (Å²) in [7, 11) is -3.36. The average molecular weight is 283 g/mol. The minimum Gasteiger partial charge on any atom is -0.788 e. The molecule has 1 amide bonds. The molecule has 5 nitrogen and oxygen atoms in total. The lowest BCUT2D eigenvalue weighted by Crippen LogP contribution is -2.19. The molecule has 1 rings (SSSR count). The molecule has 1 aromatic carbocycles. The summed E-state index contributed by atoms with van der Waals surface area (Å²) in [6, 6.07) is 9.31. The predicted octanol–water partition coefficient (Wildman–Crippen LogP) is 1.96. The Morgan fingerprint density at radius 2 is 1.89 bits per heavy atom. The van der Waals surface area contributed by atoms with Gasteiger partial charge in [-0.3, -0.25) is 9.88 Å². The first-order valence-electron chi connectivity index (χ1n) is 6.36. The Labute approximate surface area is 113 Å². The quantitative estimate of drug-likeness (QED) is 0.564. The summed E-state index contributed by atoms with van der Waals surface area (Å²) in [6.45, 7) is 1.61. The number of anilines is 1. The van der Waals surface area contributed by atoms with E-state index in [9.17, 15) is 14.3 Å². The number of carbonyl (C=O) groups is 1. The molecule has 0 fully saturated rings. The van der Waals surface area contributed by atoms with E-state index in [1.807, 2.05) is 30.3 Å². The second-order valence-corrected chi connectivity index (χ2v) is 6.49. The van der Waals surface area contributed by atoms with E-state index < -0.39 is 7.52 Å². The second-order valence-electron chi connectivity index (χ2n) is 4.48. The predicted molar refractivity (Wildman–Crippen MR) is 75.1 cm³/mol. The van der Waals surface area contributed by atoms with Gasteiger partial charge in [-0.05, 0) is 31.6 Å². The zero-order valence-corrected chi connectivity index (χ0v) is 12.0. The Morgan fingerprint density at radius 1 is 1.21 bits per heavy atom. The zero-order chi connectivity index (χ0) is 14.1. The number of unbranched alkanes of at least 4 members (excludes halogenated alkanes) is 2. The fraction of sp³-hybridized carbons (Fsp3) is 0.462. The lowest BCUT2D eigenvalue weighted by molar-refractivity contribution is -0.176. The molecular formula is C13H20N2O3P-. The Bertz CT molecular complexity index is 431. The minimum atomic E-state index is -3.36. The molecule has 106 valence electrons. The van der Waals surface area contributed by atoms with Crippen LogP contribution in [0.2, 0.25) is 0 Å². The van der Waals surface area contributed by atoms with Crippen molar-refractivity contribution < 1.29 is 14.3 Å². The normalized spacial score (nSPS) is 13.8. The third-order valence-electron chi connectivity index (χ3n) is 2.54. The fourth-order valence-electron chi connectivity index (χ4n) is 1.61. The van der Waals surface area contributed by atoms with Gasteiger partial charge < -0.3 is 14.8 Å². The highest BCUT2D eigenvalue weighted by atomic mass is 31.2.